The Kier molecular flexibility index (Phi) is 4.06. The smallest absolute Gasteiger partial charge is 0.172 e. The number of aryl methyl sites for hydroxylation is 1. The standard InChI is InChI=1S/C12H13N3S2/c1-9-4-5-11(13-7-9)15-12(16)14-8-10-3-2-6-17-10/h2-7H,8H2,1H3,(H2,13,14,15,16). The van der Waals surface area contributed by atoms with E-state index >= 15 is 0 Å². The lowest BCUT2D eigenvalue weighted by Crippen LogP contribution is -2.27. The molecule has 0 aliphatic carbocycles. The summed E-state index contributed by atoms with van der Waals surface area (Å²) >= 11 is 6.89. The number of hydrogen-bond donors (Lipinski definition) is 2. The molecule has 0 saturated heterocycles. The largest absolute Gasteiger partial charge is 0.358 e. The van der Waals surface area contributed by atoms with Crippen molar-refractivity contribution in [1.82, 2.24) is 10.3 Å². The first kappa shape index (κ1) is 12.0. The molecule has 2 rings (SSSR count). The Bertz CT molecular complexity index is 477. The van der Waals surface area contributed by atoms with Crippen molar-refractivity contribution in [2.24, 2.45) is 0 Å². The summed E-state index contributed by atoms with van der Waals surface area (Å²) < 4.78 is 0. The average Bonchev–Trinajstić information content (AvgIpc) is 2.83. The van der Waals surface area contributed by atoms with Crippen molar-refractivity contribution in [3.63, 3.8) is 0 Å². The number of aromatic nitrogens is 1. The Hall–Kier alpha value is -1.46. The molecule has 0 aromatic carbocycles. The van der Waals surface area contributed by atoms with Gasteiger partial charge in [0.1, 0.15) is 5.82 Å². The Balaban J connectivity index is 1.83. The fraction of sp³-hybridized carbons (Fsp3) is 0.167. The molecular formula is C12H13N3S2. The SMILES string of the molecule is Cc1ccc(NC(=S)NCc2cccs2)nc1. The van der Waals surface area contributed by atoms with Crippen LogP contribution in [0.4, 0.5) is 5.82 Å². The first-order chi connectivity index (χ1) is 8.24. The predicted octanol–water partition coefficient (Wildman–Crippen LogP) is 2.94. The highest BCUT2D eigenvalue weighted by atomic mass is 32.1. The summed E-state index contributed by atoms with van der Waals surface area (Å²) in [5.74, 6) is 0.763. The molecule has 0 fully saturated rings. The number of anilines is 1. The normalized spacial score (nSPS) is 9.94. The Morgan fingerprint density at radius 3 is 2.94 bits per heavy atom. The molecule has 5 heteroatoms. The zero-order valence-electron chi connectivity index (χ0n) is 9.43. The van der Waals surface area contributed by atoms with Gasteiger partial charge in [0.25, 0.3) is 0 Å². The molecule has 2 aromatic rings. The second-order valence-corrected chi connectivity index (χ2v) is 5.05. The maximum atomic E-state index is 5.18. The zero-order chi connectivity index (χ0) is 12.1. The number of pyridine rings is 1. The van der Waals surface area contributed by atoms with Crippen molar-refractivity contribution in [1.29, 1.82) is 0 Å². The molecule has 3 nitrogen and oxygen atoms in total. The van der Waals surface area contributed by atoms with Gasteiger partial charge < -0.3 is 10.6 Å². The molecule has 0 aliphatic rings. The van der Waals surface area contributed by atoms with E-state index in [1.807, 2.05) is 31.3 Å². The van der Waals surface area contributed by atoms with Crippen LogP contribution in [0.3, 0.4) is 0 Å². The summed E-state index contributed by atoms with van der Waals surface area (Å²) in [5, 5.41) is 8.83. The van der Waals surface area contributed by atoms with E-state index in [1.54, 1.807) is 11.3 Å². The van der Waals surface area contributed by atoms with E-state index in [1.165, 1.54) is 4.88 Å². The van der Waals surface area contributed by atoms with Gasteiger partial charge in [0, 0.05) is 11.1 Å². The summed E-state index contributed by atoms with van der Waals surface area (Å²) in [6, 6.07) is 8.01. The van der Waals surface area contributed by atoms with Crippen LogP contribution in [0.1, 0.15) is 10.4 Å². The number of nitrogens with one attached hydrogen (secondary N) is 2. The lowest BCUT2D eigenvalue weighted by molar-refractivity contribution is 0.945. The minimum absolute atomic E-state index is 0.592. The molecular weight excluding hydrogens is 250 g/mol. The highest BCUT2D eigenvalue weighted by Gasteiger charge is 1.99. The molecule has 0 spiro atoms. The van der Waals surface area contributed by atoms with Crippen LogP contribution in [0, 0.1) is 6.92 Å². The van der Waals surface area contributed by atoms with Crippen LogP contribution in [0.25, 0.3) is 0 Å². The highest BCUT2D eigenvalue weighted by Crippen LogP contribution is 2.08. The van der Waals surface area contributed by atoms with Crippen molar-refractivity contribution in [3.8, 4) is 0 Å². The summed E-state index contributed by atoms with van der Waals surface area (Å²) in [5.41, 5.74) is 1.13. The first-order valence-electron chi connectivity index (χ1n) is 5.24. The topological polar surface area (TPSA) is 37.0 Å². The van der Waals surface area contributed by atoms with E-state index in [-0.39, 0.29) is 0 Å². The maximum Gasteiger partial charge on any atom is 0.172 e. The lowest BCUT2D eigenvalue weighted by atomic mass is 10.3. The summed E-state index contributed by atoms with van der Waals surface area (Å²) in [6.45, 7) is 2.75. The predicted molar refractivity (Wildman–Crippen MR) is 76.4 cm³/mol. The van der Waals surface area contributed by atoms with Gasteiger partial charge in [-0.05, 0) is 42.2 Å². The molecule has 0 unspecified atom stereocenters. The first-order valence-corrected chi connectivity index (χ1v) is 6.53. The van der Waals surface area contributed by atoms with E-state index < -0.39 is 0 Å². The molecule has 0 radical (unpaired) electrons. The van der Waals surface area contributed by atoms with Crippen molar-refractivity contribution in [2.75, 3.05) is 5.32 Å². The van der Waals surface area contributed by atoms with Crippen LogP contribution < -0.4 is 10.6 Å². The molecule has 88 valence electrons. The second kappa shape index (κ2) is 5.75. The van der Waals surface area contributed by atoms with Gasteiger partial charge in [0.2, 0.25) is 0 Å². The van der Waals surface area contributed by atoms with E-state index in [9.17, 15) is 0 Å². The van der Waals surface area contributed by atoms with Gasteiger partial charge in [-0.3, -0.25) is 0 Å². The molecule has 0 atom stereocenters. The molecule has 0 aliphatic heterocycles. The lowest BCUT2D eigenvalue weighted by Gasteiger charge is -2.08. The maximum absolute atomic E-state index is 5.18. The Labute approximate surface area is 110 Å². The quantitative estimate of drug-likeness (QED) is 0.835. The summed E-state index contributed by atoms with van der Waals surface area (Å²) in [7, 11) is 0. The van der Waals surface area contributed by atoms with Crippen molar-refractivity contribution in [2.45, 2.75) is 13.5 Å². The van der Waals surface area contributed by atoms with Gasteiger partial charge >= 0.3 is 0 Å². The van der Waals surface area contributed by atoms with Crippen molar-refractivity contribution < 1.29 is 0 Å². The number of nitrogens with zero attached hydrogens (tertiary/aromatic N) is 1. The van der Waals surface area contributed by atoms with Crippen LogP contribution in [0.5, 0.6) is 0 Å². The Morgan fingerprint density at radius 2 is 2.29 bits per heavy atom. The highest BCUT2D eigenvalue weighted by molar-refractivity contribution is 7.80. The molecule has 2 heterocycles. The van der Waals surface area contributed by atoms with Crippen LogP contribution in [-0.2, 0) is 6.54 Å². The van der Waals surface area contributed by atoms with E-state index in [0.717, 1.165) is 17.9 Å². The second-order valence-electron chi connectivity index (χ2n) is 3.61. The zero-order valence-corrected chi connectivity index (χ0v) is 11.1. The third kappa shape index (κ3) is 3.80. The number of rotatable bonds is 3. The van der Waals surface area contributed by atoms with E-state index in [2.05, 4.69) is 27.1 Å². The number of hydrogen-bond acceptors (Lipinski definition) is 3. The van der Waals surface area contributed by atoms with Gasteiger partial charge in [0.05, 0.1) is 6.54 Å². The fourth-order valence-corrected chi connectivity index (χ4v) is 2.10. The van der Waals surface area contributed by atoms with Gasteiger partial charge in [-0.2, -0.15) is 0 Å². The van der Waals surface area contributed by atoms with Gasteiger partial charge in [0.15, 0.2) is 5.11 Å². The Morgan fingerprint density at radius 1 is 1.41 bits per heavy atom. The van der Waals surface area contributed by atoms with E-state index in [4.69, 9.17) is 12.2 Å². The molecule has 0 bridgehead atoms. The summed E-state index contributed by atoms with van der Waals surface area (Å²) in [6.07, 6.45) is 1.81. The van der Waals surface area contributed by atoms with Gasteiger partial charge in [-0.1, -0.05) is 12.1 Å². The van der Waals surface area contributed by atoms with Crippen LogP contribution in [0.2, 0.25) is 0 Å². The third-order valence-electron chi connectivity index (χ3n) is 2.16. The van der Waals surface area contributed by atoms with Gasteiger partial charge in [-0.15, -0.1) is 11.3 Å². The molecule has 0 saturated carbocycles. The number of thiophene rings is 1. The van der Waals surface area contributed by atoms with Crippen LogP contribution in [-0.4, -0.2) is 10.1 Å². The third-order valence-corrected chi connectivity index (χ3v) is 3.28. The average molecular weight is 263 g/mol. The van der Waals surface area contributed by atoms with Gasteiger partial charge in [-0.25, -0.2) is 4.98 Å². The van der Waals surface area contributed by atoms with Crippen molar-refractivity contribution >= 4 is 34.5 Å². The summed E-state index contributed by atoms with van der Waals surface area (Å²) in [4.78, 5) is 5.48. The monoisotopic (exact) mass is 263 g/mol. The molecule has 2 aromatic heterocycles. The molecule has 0 amide bonds. The van der Waals surface area contributed by atoms with Crippen molar-refractivity contribution in [3.05, 3.63) is 46.3 Å². The molecule has 17 heavy (non-hydrogen) atoms. The number of thiocarbonyl (C=S) groups is 1. The minimum atomic E-state index is 0.592. The van der Waals surface area contributed by atoms with Crippen LogP contribution >= 0.6 is 23.6 Å². The molecule has 2 N–H and O–H groups in total. The fourth-order valence-electron chi connectivity index (χ4n) is 1.28. The van der Waals surface area contributed by atoms with E-state index in [0.29, 0.717) is 5.11 Å². The van der Waals surface area contributed by atoms with Crippen LogP contribution in [0.15, 0.2) is 35.8 Å². The minimum Gasteiger partial charge on any atom is -0.358 e.